The van der Waals surface area contributed by atoms with Crippen molar-refractivity contribution < 1.29 is 4.39 Å². The first kappa shape index (κ1) is 5.34. The molecule has 0 aromatic carbocycles. The summed E-state index contributed by atoms with van der Waals surface area (Å²) in [6.45, 7) is 0. The van der Waals surface area contributed by atoms with Crippen molar-refractivity contribution in [1.29, 1.82) is 0 Å². The minimum atomic E-state index is -0.405. The van der Waals surface area contributed by atoms with Crippen LogP contribution in [-0.4, -0.2) is 15.2 Å². The number of hydrogen-bond donors (Lipinski definition) is 1. The molecule has 0 amide bonds. The molecule has 4 heteroatoms. The average molecular weight is 137 g/mol. The number of aromatic amines is 1. The minimum absolute atomic E-state index is 0.405. The van der Waals surface area contributed by atoms with Gasteiger partial charge in [0, 0.05) is 6.20 Å². The van der Waals surface area contributed by atoms with Gasteiger partial charge in [-0.1, -0.05) is 0 Å². The molecule has 0 saturated heterocycles. The van der Waals surface area contributed by atoms with Crippen LogP contribution in [0.1, 0.15) is 0 Å². The summed E-state index contributed by atoms with van der Waals surface area (Å²) in [5, 5.41) is 6.36. The lowest BCUT2D eigenvalue weighted by atomic mass is 10.3. The summed E-state index contributed by atoms with van der Waals surface area (Å²) < 4.78 is 12.6. The topological polar surface area (TPSA) is 41.6 Å². The van der Waals surface area contributed by atoms with Crippen molar-refractivity contribution in [1.82, 2.24) is 15.2 Å². The SMILES string of the molecule is Fc1[nH]nc2cnccc12. The lowest BCUT2D eigenvalue weighted by molar-refractivity contribution is 0.588. The predicted octanol–water partition coefficient (Wildman–Crippen LogP) is 1.10. The van der Waals surface area contributed by atoms with E-state index in [2.05, 4.69) is 15.2 Å². The molecule has 0 unspecified atom stereocenters. The Balaban J connectivity index is 2.93. The maximum absolute atomic E-state index is 12.6. The summed E-state index contributed by atoms with van der Waals surface area (Å²) in [5.41, 5.74) is 0.556. The molecule has 0 saturated carbocycles. The fourth-order valence-corrected chi connectivity index (χ4v) is 0.830. The number of rotatable bonds is 0. The first-order valence-electron chi connectivity index (χ1n) is 2.81. The van der Waals surface area contributed by atoms with Crippen LogP contribution < -0.4 is 0 Å². The average Bonchev–Trinajstić information content (AvgIpc) is 2.34. The molecule has 1 N–H and O–H groups in total. The van der Waals surface area contributed by atoms with Gasteiger partial charge in [-0.15, -0.1) is 0 Å². The normalized spacial score (nSPS) is 10.5. The third-order valence-electron chi connectivity index (χ3n) is 1.31. The summed E-state index contributed by atoms with van der Waals surface area (Å²) in [7, 11) is 0. The van der Waals surface area contributed by atoms with E-state index in [1.807, 2.05) is 0 Å². The van der Waals surface area contributed by atoms with E-state index in [9.17, 15) is 4.39 Å². The lowest BCUT2D eigenvalue weighted by Gasteiger charge is -1.81. The monoisotopic (exact) mass is 137 g/mol. The van der Waals surface area contributed by atoms with E-state index in [-0.39, 0.29) is 0 Å². The molecule has 10 heavy (non-hydrogen) atoms. The van der Waals surface area contributed by atoms with E-state index >= 15 is 0 Å². The molecule has 2 rings (SSSR count). The summed E-state index contributed by atoms with van der Waals surface area (Å²) in [5.74, 6) is -0.405. The van der Waals surface area contributed by atoms with Crippen molar-refractivity contribution in [2.45, 2.75) is 0 Å². The number of hydrogen-bond acceptors (Lipinski definition) is 2. The fraction of sp³-hybridized carbons (Fsp3) is 0. The highest BCUT2D eigenvalue weighted by atomic mass is 19.1. The molecular weight excluding hydrogens is 133 g/mol. The molecule has 0 aliphatic carbocycles. The van der Waals surface area contributed by atoms with Crippen molar-refractivity contribution in [3.8, 4) is 0 Å². The van der Waals surface area contributed by atoms with Gasteiger partial charge in [0.2, 0.25) is 5.95 Å². The largest absolute Gasteiger partial charge is 0.262 e. The first-order valence-corrected chi connectivity index (χ1v) is 2.81. The standard InChI is InChI=1S/C6H4FN3/c7-6-4-1-2-8-3-5(4)9-10-6/h1-3H,(H,9,10). The summed E-state index contributed by atoms with van der Waals surface area (Å²) in [6.07, 6.45) is 3.04. The van der Waals surface area contributed by atoms with Gasteiger partial charge in [0.25, 0.3) is 0 Å². The van der Waals surface area contributed by atoms with Gasteiger partial charge in [-0.25, -0.2) is 0 Å². The van der Waals surface area contributed by atoms with Crippen LogP contribution in [0.5, 0.6) is 0 Å². The van der Waals surface area contributed by atoms with E-state index in [0.29, 0.717) is 10.9 Å². The third-order valence-corrected chi connectivity index (χ3v) is 1.31. The van der Waals surface area contributed by atoms with Crippen molar-refractivity contribution in [2.75, 3.05) is 0 Å². The van der Waals surface area contributed by atoms with Gasteiger partial charge < -0.3 is 0 Å². The van der Waals surface area contributed by atoms with Crippen LogP contribution in [0.25, 0.3) is 10.9 Å². The lowest BCUT2D eigenvalue weighted by Crippen LogP contribution is -1.71. The number of nitrogens with one attached hydrogen (secondary N) is 1. The zero-order valence-electron chi connectivity index (χ0n) is 5.00. The maximum atomic E-state index is 12.6. The fourth-order valence-electron chi connectivity index (χ4n) is 0.830. The number of nitrogens with zero attached hydrogens (tertiary/aromatic N) is 2. The van der Waals surface area contributed by atoms with Crippen LogP contribution in [0.15, 0.2) is 18.5 Å². The number of H-pyrrole nitrogens is 1. The quantitative estimate of drug-likeness (QED) is 0.590. The highest BCUT2D eigenvalue weighted by molar-refractivity contribution is 5.76. The molecule has 0 fully saturated rings. The van der Waals surface area contributed by atoms with Crippen molar-refractivity contribution >= 4 is 10.9 Å². The Kier molecular flexibility index (Phi) is 0.943. The Hall–Kier alpha value is -1.45. The van der Waals surface area contributed by atoms with Gasteiger partial charge in [-0.05, 0) is 6.07 Å². The minimum Gasteiger partial charge on any atom is -0.262 e. The van der Waals surface area contributed by atoms with Crippen LogP contribution in [0.2, 0.25) is 0 Å². The summed E-state index contributed by atoms with van der Waals surface area (Å²) in [6, 6.07) is 1.58. The van der Waals surface area contributed by atoms with Crippen LogP contribution >= 0.6 is 0 Å². The highest BCUT2D eigenvalue weighted by Crippen LogP contribution is 2.10. The zero-order valence-corrected chi connectivity index (χ0v) is 5.00. The van der Waals surface area contributed by atoms with E-state index < -0.39 is 5.95 Å². The Bertz CT molecular complexity index is 355. The highest BCUT2D eigenvalue weighted by Gasteiger charge is 2.00. The van der Waals surface area contributed by atoms with Crippen LogP contribution in [-0.2, 0) is 0 Å². The second-order valence-corrected chi connectivity index (χ2v) is 1.93. The molecule has 0 aliphatic rings. The second kappa shape index (κ2) is 1.76. The number of aromatic nitrogens is 3. The van der Waals surface area contributed by atoms with Crippen molar-refractivity contribution in [3.63, 3.8) is 0 Å². The smallest absolute Gasteiger partial charge is 0.216 e. The molecular formula is C6H4FN3. The van der Waals surface area contributed by atoms with Crippen molar-refractivity contribution in [3.05, 3.63) is 24.4 Å². The van der Waals surface area contributed by atoms with Crippen molar-refractivity contribution in [2.24, 2.45) is 0 Å². The molecule has 2 heterocycles. The Morgan fingerprint density at radius 2 is 2.40 bits per heavy atom. The van der Waals surface area contributed by atoms with E-state index in [1.54, 1.807) is 6.07 Å². The Morgan fingerprint density at radius 3 is 3.20 bits per heavy atom. The zero-order chi connectivity index (χ0) is 6.97. The maximum Gasteiger partial charge on any atom is 0.216 e. The molecule has 0 spiro atoms. The molecule has 50 valence electrons. The predicted molar refractivity (Wildman–Crippen MR) is 33.8 cm³/mol. The summed E-state index contributed by atoms with van der Waals surface area (Å²) >= 11 is 0. The number of halogens is 1. The molecule has 2 aromatic rings. The van der Waals surface area contributed by atoms with Gasteiger partial charge in [-0.2, -0.15) is 9.49 Å². The first-order chi connectivity index (χ1) is 4.88. The van der Waals surface area contributed by atoms with Gasteiger partial charge in [-0.3, -0.25) is 10.1 Å². The Labute approximate surface area is 55.9 Å². The van der Waals surface area contributed by atoms with Gasteiger partial charge >= 0.3 is 0 Å². The van der Waals surface area contributed by atoms with Crippen LogP contribution in [0.4, 0.5) is 4.39 Å². The molecule has 0 atom stereocenters. The second-order valence-electron chi connectivity index (χ2n) is 1.93. The van der Waals surface area contributed by atoms with E-state index in [1.165, 1.54) is 12.4 Å². The molecule has 2 aromatic heterocycles. The van der Waals surface area contributed by atoms with Gasteiger partial charge in [0.05, 0.1) is 11.6 Å². The van der Waals surface area contributed by atoms with Gasteiger partial charge in [0.1, 0.15) is 5.52 Å². The summed E-state index contributed by atoms with van der Waals surface area (Å²) in [4.78, 5) is 3.78. The van der Waals surface area contributed by atoms with Crippen LogP contribution in [0, 0.1) is 5.95 Å². The van der Waals surface area contributed by atoms with E-state index in [4.69, 9.17) is 0 Å². The van der Waals surface area contributed by atoms with Crippen LogP contribution in [0.3, 0.4) is 0 Å². The molecule has 3 nitrogen and oxygen atoms in total. The van der Waals surface area contributed by atoms with Gasteiger partial charge in [0.15, 0.2) is 0 Å². The number of fused-ring (bicyclic) bond motifs is 1. The van der Waals surface area contributed by atoms with E-state index in [0.717, 1.165) is 0 Å². The molecule has 0 radical (unpaired) electrons. The molecule has 0 bridgehead atoms. The molecule has 0 aliphatic heterocycles. The Morgan fingerprint density at radius 1 is 1.50 bits per heavy atom. The third kappa shape index (κ3) is 0.586. The number of pyridine rings is 1.